The lowest BCUT2D eigenvalue weighted by Crippen LogP contribution is -2.19. The summed E-state index contributed by atoms with van der Waals surface area (Å²) in [5.74, 6) is 2.28. The second kappa shape index (κ2) is 6.73. The number of hydrogen-bond donors (Lipinski definition) is 0. The fraction of sp³-hybridized carbons (Fsp3) is 0.529. The molecule has 0 N–H and O–H groups in total. The molecule has 1 unspecified atom stereocenters. The van der Waals surface area contributed by atoms with Crippen LogP contribution in [0.4, 0.5) is 0 Å². The van der Waals surface area contributed by atoms with E-state index in [1.165, 1.54) is 5.56 Å². The molecule has 0 radical (unpaired) electrons. The average molecular weight is 351 g/mol. The smallest absolute Gasteiger partial charge is 0.133 e. The number of aliphatic imine (C=N–C) groups is 2. The van der Waals surface area contributed by atoms with Crippen molar-refractivity contribution in [3.8, 4) is 5.75 Å². The highest BCUT2D eigenvalue weighted by atomic mass is 79.9. The van der Waals surface area contributed by atoms with Crippen LogP contribution in [0.5, 0.6) is 5.75 Å². The van der Waals surface area contributed by atoms with Gasteiger partial charge in [0.2, 0.25) is 0 Å². The van der Waals surface area contributed by atoms with Gasteiger partial charge in [0.1, 0.15) is 11.6 Å². The van der Waals surface area contributed by atoms with Gasteiger partial charge in [0.25, 0.3) is 0 Å². The molecule has 0 bridgehead atoms. The Balaban J connectivity index is 2.29. The first-order chi connectivity index (χ1) is 10.1. The molecule has 1 aromatic rings. The van der Waals surface area contributed by atoms with E-state index in [1.807, 2.05) is 19.3 Å². The highest BCUT2D eigenvalue weighted by Crippen LogP contribution is 2.51. The predicted octanol–water partition coefficient (Wildman–Crippen LogP) is 4.63. The molecule has 0 heterocycles. The number of rotatable bonds is 5. The Morgan fingerprint density at radius 1 is 1.48 bits per heavy atom. The van der Waals surface area contributed by atoms with E-state index in [-0.39, 0.29) is 5.41 Å². The van der Waals surface area contributed by atoms with Crippen molar-refractivity contribution in [2.24, 2.45) is 15.9 Å². The molecule has 4 heteroatoms. The lowest BCUT2D eigenvalue weighted by Gasteiger charge is -2.17. The van der Waals surface area contributed by atoms with Crippen LogP contribution >= 0.6 is 15.9 Å². The zero-order valence-corrected chi connectivity index (χ0v) is 14.8. The van der Waals surface area contributed by atoms with Gasteiger partial charge >= 0.3 is 0 Å². The minimum absolute atomic E-state index is 0.00645. The van der Waals surface area contributed by atoms with E-state index in [1.54, 1.807) is 7.11 Å². The molecule has 2 rings (SSSR count). The number of nitrogens with zero attached hydrogens (tertiary/aromatic N) is 2. The van der Waals surface area contributed by atoms with E-state index in [4.69, 9.17) is 4.74 Å². The van der Waals surface area contributed by atoms with Crippen LogP contribution in [0.3, 0.4) is 0 Å². The maximum absolute atomic E-state index is 5.31. The molecular formula is C17H23BrN2O. The van der Waals surface area contributed by atoms with Gasteiger partial charge < -0.3 is 4.74 Å². The number of amidine groups is 1. The van der Waals surface area contributed by atoms with Crippen molar-refractivity contribution in [1.82, 2.24) is 0 Å². The largest absolute Gasteiger partial charge is 0.496 e. The maximum atomic E-state index is 5.31. The van der Waals surface area contributed by atoms with Gasteiger partial charge in [0, 0.05) is 13.3 Å². The molecule has 1 saturated carbocycles. The van der Waals surface area contributed by atoms with Gasteiger partial charge in [-0.2, -0.15) is 0 Å². The fourth-order valence-electron chi connectivity index (χ4n) is 2.43. The van der Waals surface area contributed by atoms with Crippen LogP contribution in [0.15, 0.2) is 32.7 Å². The second-order valence-electron chi connectivity index (χ2n) is 5.64. The minimum atomic E-state index is -0.00645. The number of halogens is 1. The molecule has 114 valence electrons. The van der Waals surface area contributed by atoms with Crippen LogP contribution in [0, 0.1) is 5.92 Å². The predicted molar refractivity (Wildman–Crippen MR) is 92.9 cm³/mol. The first kappa shape index (κ1) is 16.2. The fourth-order valence-corrected chi connectivity index (χ4v) is 2.97. The molecular weight excluding hydrogens is 328 g/mol. The zero-order valence-electron chi connectivity index (χ0n) is 13.2. The molecule has 0 aliphatic heterocycles. The molecule has 0 amide bonds. The van der Waals surface area contributed by atoms with Crippen molar-refractivity contribution in [2.45, 2.75) is 38.5 Å². The van der Waals surface area contributed by atoms with E-state index >= 15 is 0 Å². The van der Waals surface area contributed by atoms with Crippen LogP contribution in [0.25, 0.3) is 0 Å². The molecule has 1 atom stereocenters. The zero-order chi connectivity index (χ0) is 15.5. The summed E-state index contributed by atoms with van der Waals surface area (Å²) in [6.07, 6.45) is 5.34. The first-order valence-corrected chi connectivity index (χ1v) is 8.22. The van der Waals surface area contributed by atoms with E-state index in [2.05, 4.69) is 51.9 Å². The second-order valence-corrected chi connectivity index (χ2v) is 6.50. The summed E-state index contributed by atoms with van der Waals surface area (Å²) in [5, 5.41) is 0. The van der Waals surface area contributed by atoms with Crippen LogP contribution in [0.2, 0.25) is 0 Å². The monoisotopic (exact) mass is 350 g/mol. The lowest BCUT2D eigenvalue weighted by atomic mass is 9.94. The molecule has 1 aromatic carbocycles. The lowest BCUT2D eigenvalue weighted by molar-refractivity contribution is 0.412. The summed E-state index contributed by atoms with van der Waals surface area (Å²) >= 11 is 3.57. The maximum Gasteiger partial charge on any atom is 0.133 e. The van der Waals surface area contributed by atoms with Crippen molar-refractivity contribution < 1.29 is 4.74 Å². The first-order valence-electron chi connectivity index (χ1n) is 7.43. The van der Waals surface area contributed by atoms with Crippen molar-refractivity contribution >= 4 is 28.0 Å². The molecule has 1 fully saturated rings. The summed E-state index contributed by atoms with van der Waals surface area (Å²) in [6, 6.07) is 6.27. The highest BCUT2D eigenvalue weighted by Gasteiger charge is 2.49. The van der Waals surface area contributed by atoms with Gasteiger partial charge in [0.15, 0.2) is 0 Å². The van der Waals surface area contributed by atoms with E-state index in [0.29, 0.717) is 5.92 Å². The summed E-state index contributed by atoms with van der Waals surface area (Å²) in [5.41, 5.74) is 1.25. The standard InChI is InChI=1S/C17H23BrN2O/c1-5-12(2)11-20-16(19-3)17(8-9-17)13-6-7-15(21-4)14(18)10-13/h6-7,10-12H,5,8-9H2,1-4H3. The third-order valence-electron chi connectivity index (χ3n) is 4.19. The van der Waals surface area contributed by atoms with E-state index in [0.717, 1.165) is 35.3 Å². The van der Waals surface area contributed by atoms with E-state index in [9.17, 15) is 0 Å². The molecule has 21 heavy (non-hydrogen) atoms. The normalized spacial score (nSPS) is 18.8. The molecule has 3 nitrogen and oxygen atoms in total. The third kappa shape index (κ3) is 3.37. The number of benzene rings is 1. The van der Waals surface area contributed by atoms with Crippen molar-refractivity contribution in [3.05, 3.63) is 28.2 Å². The van der Waals surface area contributed by atoms with Crippen molar-refractivity contribution in [1.29, 1.82) is 0 Å². The minimum Gasteiger partial charge on any atom is -0.496 e. The van der Waals surface area contributed by atoms with Crippen LogP contribution < -0.4 is 4.74 Å². The van der Waals surface area contributed by atoms with Gasteiger partial charge in [0.05, 0.1) is 17.0 Å². The molecule has 1 aliphatic rings. The molecule has 1 aliphatic carbocycles. The van der Waals surface area contributed by atoms with E-state index < -0.39 is 0 Å². The summed E-state index contributed by atoms with van der Waals surface area (Å²) in [4.78, 5) is 9.12. The van der Waals surface area contributed by atoms with Gasteiger partial charge in [-0.05, 0) is 58.8 Å². The van der Waals surface area contributed by atoms with Crippen LogP contribution in [-0.2, 0) is 5.41 Å². The van der Waals surface area contributed by atoms with Crippen molar-refractivity contribution in [3.63, 3.8) is 0 Å². The van der Waals surface area contributed by atoms with Crippen LogP contribution in [0.1, 0.15) is 38.7 Å². The average Bonchev–Trinajstić information content (AvgIpc) is 3.29. The number of hydrogen-bond acceptors (Lipinski definition) is 2. The Morgan fingerprint density at radius 3 is 2.67 bits per heavy atom. The number of methoxy groups -OCH3 is 1. The quantitative estimate of drug-likeness (QED) is 0.562. The van der Waals surface area contributed by atoms with Crippen molar-refractivity contribution in [2.75, 3.05) is 14.2 Å². The summed E-state index contributed by atoms with van der Waals surface area (Å²) < 4.78 is 6.29. The molecule has 0 spiro atoms. The Morgan fingerprint density at radius 2 is 2.19 bits per heavy atom. The Labute approximate surface area is 135 Å². The van der Waals surface area contributed by atoms with Gasteiger partial charge in [-0.3, -0.25) is 4.99 Å². The summed E-state index contributed by atoms with van der Waals surface area (Å²) in [6.45, 7) is 4.35. The topological polar surface area (TPSA) is 34.0 Å². The Bertz CT molecular complexity index is 562. The van der Waals surface area contributed by atoms with Gasteiger partial charge in [-0.15, -0.1) is 0 Å². The van der Waals surface area contributed by atoms with Gasteiger partial charge in [-0.25, -0.2) is 4.99 Å². The number of ether oxygens (including phenoxy) is 1. The Hall–Kier alpha value is -1.16. The molecule has 0 saturated heterocycles. The third-order valence-corrected chi connectivity index (χ3v) is 4.81. The van der Waals surface area contributed by atoms with Crippen LogP contribution in [-0.4, -0.2) is 26.2 Å². The summed E-state index contributed by atoms with van der Waals surface area (Å²) in [7, 11) is 3.52. The Kier molecular flexibility index (Phi) is 5.20. The highest BCUT2D eigenvalue weighted by molar-refractivity contribution is 9.10. The molecule has 0 aromatic heterocycles. The van der Waals surface area contributed by atoms with Gasteiger partial charge in [-0.1, -0.05) is 19.9 Å². The SMILES string of the molecule is CCC(C)C=NC(=NC)C1(c2ccc(OC)c(Br)c2)CC1.